The second-order valence-corrected chi connectivity index (χ2v) is 3.61. The summed E-state index contributed by atoms with van der Waals surface area (Å²) in [5.74, 6) is -0.274. The fourth-order valence-electron chi connectivity index (χ4n) is 0.958. The molecule has 15 heavy (non-hydrogen) atoms. The van der Waals surface area contributed by atoms with Crippen LogP contribution in [-0.2, 0) is 0 Å². The minimum Gasteiger partial charge on any atom is -0.486 e. The number of rotatable bonds is 3. The minimum atomic E-state index is -0.274. The molecule has 0 unspecified atom stereocenters. The molecule has 0 saturated carbocycles. The summed E-state index contributed by atoms with van der Waals surface area (Å²) < 4.78 is 4.95. The Labute approximate surface area is 89.3 Å². The van der Waals surface area contributed by atoms with Crippen molar-refractivity contribution in [1.29, 1.82) is 0 Å². The SMILES string of the molecule is COc1cnc(NC(=O)c2ccn[nH]2)s1. The normalized spacial score (nSPS) is 9.93. The summed E-state index contributed by atoms with van der Waals surface area (Å²) in [6.07, 6.45) is 3.06. The van der Waals surface area contributed by atoms with E-state index in [2.05, 4.69) is 20.5 Å². The van der Waals surface area contributed by atoms with Gasteiger partial charge in [-0.05, 0) is 6.07 Å². The second kappa shape index (κ2) is 4.09. The number of H-pyrrole nitrogens is 1. The summed E-state index contributed by atoms with van der Waals surface area (Å²) in [7, 11) is 1.55. The van der Waals surface area contributed by atoms with E-state index in [1.165, 1.54) is 17.5 Å². The first-order valence-corrected chi connectivity index (χ1v) is 4.92. The van der Waals surface area contributed by atoms with Gasteiger partial charge in [0.2, 0.25) is 0 Å². The van der Waals surface area contributed by atoms with Crippen LogP contribution in [0.15, 0.2) is 18.5 Å². The molecule has 2 heterocycles. The maximum atomic E-state index is 11.5. The second-order valence-electron chi connectivity index (χ2n) is 2.61. The molecule has 0 aliphatic heterocycles. The van der Waals surface area contributed by atoms with Gasteiger partial charge in [-0.2, -0.15) is 5.10 Å². The van der Waals surface area contributed by atoms with Crippen LogP contribution in [0.1, 0.15) is 10.5 Å². The number of anilines is 1. The molecule has 0 aliphatic rings. The number of hydrogen-bond acceptors (Lipinski definition) is 5. The van der Waals surface area contributed by atoms with Crippen LogP contribution in [0, 0.1) is 0 Å². The van der Waals surface area contributed by atoms with Crippen LogP contribution in [0.5, 0.6) is 5.06 Å². The molecule has 1 amide bonds. The zero-order valence-corrected chi connectivity index (χ0v) is 8.67. The molecule has 7 heteroatoms. The number of thiazole rings is 1. The van der Waals surface area contributed by atoms with Crippen molar-refractivity contribution in [1.82, 2.24) is 15.2 Å². The highest BCUT2D eigenvalue weighted by Gasteiger charge is 2.09. The number of nitrogens with zero attached hydrogens (tertiary/aromatic N) is 2. The van der Waals surface area contributed by atoms with E-state index in [4.69, 9.17) is 4.74 Å². The monoisotopic (exact) mass is 224 g/mol. The van der Waals surface area contributed by atoms with Crippen LogP contribution in [0.2, 0.25) is 0 Å². The summed E-state index contributed by atoms with van der Waals surface area (Å²) in [5, 5.41) is 10.00. The van der Waals surface area contributed by atoms with Crippen molar-refractivity contribution in [3.8, 4) is 5.06 Å². The number of carbonyl (C=O) groups is 1. The van der Waals surface area contributed by atoms with Gasteiger partial charge in [0.25, 0.3) is 5.91 Å². The van der Waals surface area contributed by atoms with Crippen LogP contribution in [0.25, 0.3) is 0 Å². The lowest BCUT2D eigenvalue weighted by Gasteiger charge is -1.96. The highest BCUT2D eigenvalue weighted by molar-refractivity contribution is 7.17. The van der Waals surface area contributed by atoms with E-state index in [1.807, 2.05) is 0 Å². The molecule has 2 rings (SSSR count). The lowest BCUT2D eigenvalue weighted by Crippen LogP contribution is -2.11. The van der Waals surface area contributed by atoms with Gasteiger partial charge >= 0.3 is 0 Å². The topological polar surface area (TPSA) is 79.9 Å². The maximum absolute atomic E-state index is 11.5. The van der Waals surface area contributed by atoms with Crippen molar-refractivity contribution < 1.29 is 9.53 Å². The number of aromatic amines is 1. The van der Waals surface area contributed by atoms with Gasteiger partial charge in [0.05, 0.1) is 13.3 Å². The molecule has 2 aromatic rings. The van der Waals surface area contributed by atoms with Gasteiger partial charge < -0.3 is 4.74 Å². The van der Waals surface area contributed by atoms with Gasteiger partial charge in [-0.1, -0.05) is 11.3 Å². The van der Waals surface area contributed by atoms with E-state index in [0.717, 1.165) is 0 Å². The Bertz CT molecular complexity index is 451. The Morgan fingerprint density at radius 2 is 2.53 bits per heavy atom. The van der Waals surface area contributed by atoms with Crippen LogP contribution >= 0.6 is 11.3 Å². The van der Waals surface area contributed by atoms with E-state index in [0.29, 0.717) is 15.9 Å². The fourth-order valence-corrected chi connectivity index (χ4v) is 1.59. The Hall–Kier alpha value is -1.89. The zero-order chi connectivity index (χ0) is 10.7. The summed E-state index contributed by atoms with van der Waals surface area (Å²) in [4.78, 5) is 15.5. The molecule has 0 bridgehead atoms. The number of ether oxygens (including phenoxy) is 1. The molecule has 78 valence electrons. The maximum Gasteiger partial charge on any atom is 0.275 e. The predicted molar refractivity (Wildman–Crippen MR) is 55.2 cm³/mol. The van der Waals surface area contributed by atoms with Gasteiger partial charge in [0.15, 0.2) is 10.2 Å². The third-order valence-electron chi connectivity index (χ3n) is 1.65. The molecule has 0 spiro atoms. The first-order chi connectivity index (χ1) is 7.29. The van der Waals surface area contributed by atoms with Crippen LogP contribution in [0.4, 0.5) is 5.13 Å². The summed E-state index contributed by atoms with van der Waals surface area (Å²) in [6.45, 7) is 0. The molecule has 0 radical (unpaired) electrons. The third-order valence-corrected chi connectivity index (χ3v) is 2.53. The van der Waals surface area contributed by atoms with Crippen molar-refractivity contribution in [2.45, 2.75) is 0 Å². The highest BCUT2D eigenvalue weighted by atomic mass is 32.1. The van der Waals surface area contributed by atoms with E-state index < -0.39 is 0 Å². The molecule has 2 aromatic heterocycles. The fraction of sp³-hybridized carbons (Fsp3) is 0.125. The quantitative estimate of drug-likeness (QED) is 0.818. The van der Waals surface area contributed by atoms with Crippen LogP contribution < -0.4 is 10.1 Å². The number of carbonyl (C=O) groups excluding carboxylic acids is 1. The van der Waals surface area contributed by atoms with Gasteiger partial charge in [0, 0.05) is 6.20 Å². The Morgan fingerprint density at radius 1 is 1.67 bits per heavy atom. The molecule has 0 aliphatic carbocycles. The third kappa shape index (κ3) is 2.13. The molecular weight excluding hydrogens is 216 g/mol. The number of amides is 1. The molecule has 0 fully saturated rings. The average Bonchev–Trinajstić information content (AvgIpc) is 2.87. The van der Waals surface area contributed by atoms with Crippen molar-refractivity contribution in [2.24, 2.45) is 0 Å². The van der Waals surface area contributed by atoms with Gasteiger partial charge in [-0.15, -0.1) is 0 Å². The molecule has 0 aromatic carbocycles. The summed E-state index contributed by atoms with van der Waals surface area (Å²) >= 11 is 1.26. The number of methoxy groups -OCH3 is 1. The van der Waals surface area contributed by atoms with Crippen LogP contribution in [0.3, 0.4) is 0 Å². The molecule has 2 N–H and O–H groups in total. The molecular formula is C8H8N4O2S. The smallest absolute Gasteiger partial charge is 0.275 e. The lowest BCUT2D eigenvalue weighted by atomic mass is 10.4. The molecule has 0 saturated heterocycles. The first kappa shape index (κ1) is 9.66. The van der Waals surface area contributed by atoms with E-state index >= 15 is 0 Å². The van der Waals surface area contributed by atoms with Crippen molar-refractivity contribution >= 4 is 22.4 Å². The predicted octanol–water partition coefficient (Wildman–Crippen LogP) is 1.13. The van der Waals surface area contributed by atoms with E-state index in [-0.39, 0.29) is 5.91 Å². The zero-order valence-electron chi connectivity index (χ0n) is 7.85. The van der Waals surface area contributed by atoms with Crippen molar-refractivity contribution in [3.63, 3.8) is 0 Å². The number of nitrogens with one attached hydrogen (secondary N) is 2. The minimum absolute atomic E-state index is 0.274. The van der Waals surface area contributed by atoms with E-state index in [1.54, 1.807) is 19.4 Å². The largest absolute Gasteiger partial charge is 0.486 e. The van der Waals surface area contributed by atoms with Gasteiger partial charge in [-0.25, -0.2) is 4.98 Å². The van der Waals surface area contributed by atoms with Crippen molar-refractivity contribution in [2.75, 3.05) is 12.4 Å². The molecule has 6 nitrogen and oxygen atoms in total. The standard InChI is InChI=1S/C8H8N4O2S/c1-14-6-4-9-8(15-6)11-7(13)5-2-3-10-12-5/h2-4H,1H3,(H,10,12)(H,9,11,13). The Kier molecular flexibility index (Phi) is 2.64. The van der Waals surface area contributed by atoms with Crippen molar-refractivity contribution in [3.05, 3.63) is 24.2 Å². The lowest BCUT2D eigenvalue weighted by molar-refractivity contribution is 0.102. The van der Waals surface area contributed by atoms with Gasteiger partial charge in [0.1, 0.15) is 5.69 Å². The van der Waals surface area contributed by atoms with Crippen LogP contribution in [-0.4, -0.2) is 28.2 Å². The Morgan fingerprint density at radius 3 is 3.13 bits per heavy atom. The number of aromatic nitrogens is 3. The Balaban J connectivity index is 2.06. The highest BCUT2D eigenvalue weighted by Crippen LogP contribution is 2.24. The number of hydrogen-bond donors (Lipinski definition) is 2. The van der Waals surface area contributed by atoms with E-state index in [9.17, 15) is 4.79 Å². The van der Waals surface area contributed by atoms with Gasteiger partial charge in [-0.3, -0.25) is 15.2 Å². The molecule has 0 atom stereocenters. The summed E-state index contributed by atoms with van der Waals surface area (Å²) in [6, 6.07) is 1.58. The first-order valence-electron chi connectivity index (χ1n) is 4.10. The summed E-state index contributed by atoms with van der Waals surface area (Å²) in [5.41, 5.74) is 0.393. The average molecular weight is 224 g/mol.